The lowest BCUT2D eigenvalue weighted by Crippen LogP contribution is -2.47. The minimum absolute atomic E-state index is 0.168. The number of anilines is 1. The van der Waals surface area contributed by atoms with Crippen LogP contribution in [0.2, 0.25) is 0 Å². The van der Waals surface area contributed by atoms with Gasteiger partial charge in [0.15, 0.2) is 5.78 Å². The van der Waals surface area contributed by atoms with E-state index in [1.54, 1.807) is 18.2 Å². The van der Waals surface area contributed by atoms with Crippen molar-refractivity contribution in [2.75, 3.05) is 5.32 Å². The lowest BCUT2D eigenvalue weighted by atomic mass is 10.1. The van der Waals surface area contributed by atoms with Crippen molar-refractivity contribution in [3.63, 3.8) is 0 Å². The number of hydrogen-bond acceptors (Lipinski definition) is 3. The third-order valence-electron chi connectivity index (χ3n) is 3.55. The molecule has 25 heavy (non-hydrogen) atoms. The van der Waals surface area contributed by atoms with Crippen molar-refractivity contribution >= 4 is 17.5 Å². The Morgan fingerprint density at radius 2 is 1.64 bits per heavy atom. The Hall–Kier alpha value is -2.82. The summed E-state index contributed by atoms with van der Waals surface area (Å²) in [4.78, 5) is 24.7. The highest BCUT2D eigenvalue weighted by atomic mass is 16.5. The largest absolute Gasteiger partial charge is 0.463 e. The summed E-state index contributed by atoms with van der Waals surface area (Å²) in [5, 5.41) is 5.38. The van der Waals surface area contributed by atoms with E-state index in [4.69, 9.17) is 4.74 Å². The first-order valence-corrected chi connectivity index (χ1v) is 8.33. The zero-order valence-corrected chi connectivity index (χ0v) is 14.8. The summed E-state index contributed by atoms with van der Waals surface area (Å²) in [6, 6.07) is 15.9. The minimum Gasteiger partial charge on any atom is -0.463 e. The summed E-state index contributed by atoms with van der Waals surface area (Å²) >= 11 is 0. The zero-order valence-electron chi connectivity index (χ0n) is 14.8. The number of urea groups is 1. The van der Waals surface area contributed by atoms with Gasteiger partial charge < -0.3 is 10.1 Å². The molecule has 2 amide bonds. The van der Waals surface area contributed by atoms with E-state index in [9.17, 15) is 9.59 Å². The van der Waals surface area contributed by atoms with Crippen molar-refractivity contribution in [1.29, 1.82) is 0 Å². The number of carbonyl (C=O) groups is 2. The number of aryl methyl sites for hydroxylation is 1. The average molecular weight is 340 g/mol. The Morgan fingerprint density at radius 3 is 2.28 bits per heavy atom. The van der Waals surface area contributed by atoms with E-state index >= 15 is 0 Å². The molecule has 0 bridgehead atoms. The monoisotopic (exact) mass is 340 g/mol. The van der Waals surface area contributed by atoms with Gasteiger partial charge in [0, 0.05) is 12.1 Å². The number of ether oxygens (including phenoxy) is 1. The first kappa shape index (κ1) is 18.5. The molecule has 0 aromatic heterocycles. The third-order valence-corrected chi connectivity index (χ3v) is 3.55. The Kier molecular flexibility index (Phi) is 6.57. The zero-order chi connectivity index (χ0) is 18.2. The lowest BCUT2D eigenvalue weighted by Gasteiger charge is -2.20. The number of amides is 2. The van der Waals surface area contributed by atoms with Gasteiger partial charge in [-0.15, -0.1) is 0 Å². The normalized spacial score (nSPS) is 11.7. The van der Waals surface area contributed by atoms with Crippen molar-refractivity contribution < 1.29 is 14.3 Å². The Labute approximate surface area is 148 Å². The topological polar surface area (TPSA) is 67.4 Å². The van der Waals surface area contributed by atoms with Gasteiger partial charge in [-0.2, -0.15) is 0 Å². The standard InChI is InChI=1S/C20H24N2O3/c1-14(2)13-18(23)19(25-16-10-5-4-6-11-16)22-20(24)21-17-12-8-7-9-15(17)3/h4-12,14,19H,13H2,1-3H3,(H2,21,22,24). The Bertz CT molecular complexity index is 714. The molecule has 132 valence electrons. The van der Waals surface area contributed by atoms with E-state index < -0.39 is 12.3 Å². The SMILES string of the molecule is Cc1ccccc1NC(=O)NC(Oc1ccccc1)C(=O)CC(C)C. The van der Waals surface area contributed by atoms with Gasteiger partial charge in [-0.05, 0) is 36.6 Å². The highest BCUT2D eigenvalue weighted by Gasteiger charge is 2.23. The van der Waals surface area contributed by atoms with Crippen LogP contribution in [0.3, 0.4) is 0 Å². The van der Waals surface area contributed by atoms with Crippen LogP contribution in [0.1, 0.15) is 25.8 Å². The predicted molar refractivity (Wildman–Crippen MR) is 98.7 cm³/mol. The van der Waals surface area contributed by atoms with E-state index in [0.29, 0.717) is 17.9 Å². The fourth-order valence-corrected chi connectivity index (χ4v) is 2.31. The van der Waals surface area contributed by atoms with Crippen molar-refractivity contribution in [1.82, 2.24) is 5.32 Å². The number of rotatable bonds is 7. The van der Waals surface area contributed by atoms with Crippen LogP contribution >= 0.6 is 0 Å². The van der Waals surface area contributed by atoms with Crippen molar-refractivity contribution in [3.8, 4) is 5.75 Å². The molecule has 0 heterocycles. The fraction of sp³-hybridized carbons (Fsp3) is 0.300. The van der Waals surface area contributed by atoms with Crippen LogP contribution in [0.25, 0.3) is 0 Å². The van der Waals surface area contributed by atoms with Gasteiger partial charge in [0.25, 0.3) is 0 Å². The van der Waals surface area contributed by atoms with E-state index in [1.165, 1.54) is 0 Å². The quantitative estimate of drug-likeness (QED) is 0.745. The molecule has 0 radical (unpaired) electrons. The molecule has 0 saturated heterocycles. The van der Waals surface area contributed by atoms with Gasteiger partial charge in [0.05, 0.1) is 0 Å². The number of para-hydroxylation sites is 2. The number of hydrogen-bond donors (Lipinski definition) is 2. The number of carbonyl (C=O) groups excluding carboxylic acids is 2. The van der Waals surface area contributed by atoms with Gasteiger partial charge in [0.1, 0.15) is 5.75 Å². The lowest BCUT2D eigenvalue weighted by molar-refractivity contribution is -0.127. The smallest absolute Gasteiger partial charge is 0.322 e. The second kappa shape index (κ2) is 8.87. The molecule has 0 aliphatic rings. The van der Waals surface area contributed by atoms with Crippen LogP contribution in [-0.4, -0.2) is 18.0 Å². The van der Waals surface area contributed by atoms with Crippen LogP contribution in [0, 0.1) is 12.8 Å². The van der Waals surface area contributed by atoms with E-state index in [2.05, 4.69) is 10.6 Å². The molecule has 0 spiro atoms. The molecule has 2 rings (SSSR count). The number of ketones is 1. The second-order valence-corrected chi connectivity index (χ2v) is 6.29. The third kappa shape index (κ3) is 5.95. The summed E-state index contributed by atoms with van der Waals surface area (Å²) < 4.78 is 5.69. The molecule has 0 fully saturated rings. The predicted octanol–water partition coefficient (Wildman–Crippen LogP) is 4.14. The van der Waals surface area contributed by atoms with Gasteiger partial charge >= 0.3 is 6.03 Å². The molecule has 1 unspecified atom stereocenters. The van der Waals surface area contributed by atoms with E-state index in [1.807, 2.05) is 57.2 Å². The highest BCUT2D eigenvalue weighted by Crippen LogP contribution is 2.15. The molecular formula is C20H24N2O3. The first-order valence-electron chi connectivity index (χ1n) is 8.33. The average Bonchev–Trinajstić information content (AvgIpc) is 2.56. The first-order chi connectivity index (χ1) is 12.0. The van der Waals surface area contributed by atoms with Crippen molar-refractivity contribution in [2.45, 2.75) is 33.4 Å². The number of benzene rings is 2. The van der Waals surface area contributed by atoms with Gasteiger partial charge in [0.2, 0.25) is 6.23 Å². The molecule has 2 N–H and O–H groups in total. The van der Waals surface area contributed by atoms with Crippen LogP contribution in [0.5, 0.6) is 5.75 Å². The van der Waals surface area contributed by atoms with Crippen LogP contribution in [-0.2, 0) is 4.79 Å². The Balaban J connectivity index is 2.07. The van der Waals surface area contributed by atoms with Crippen LogP contribution < -0.4 is 15.4 Å². The van der Waals surface area contributed by atoms with Crippen molar-refractivity contribution in [3.05, 3.63) is 60.2 Å². The van der Waals surface area contributed by atoms with Gasteiger partial charge in [-0.25, -0.2) is 4.79 Å². The van der Waals surface area contributed by atoms with Crippen molar-refractivity contribution in [2.24, 2.45) is 5.92 Å². The summed E-state index contributed by atoms with van der Waals surface area (Å²) in [5.74, 6) is 0.537. The molecule has 0 aliphatic carbocycles. The van der Waals surface area contributed by atoms with Crippen LogP contribution in [0.15, 0.2) is 54.6 Å². The van der Waals surface area contributed by atoms with Gasteiger partial charge in [-0.1, -0.05) is 50.2 Å². The number of Topliss-reactive ketones (excluding diaryl/α,β-unsaturated/α-hetero) is 1. The molecule has 2 aromatic rings. The van der Waals surface area contributed by atoms with E-state index in [-0.39, 0.29) is 11.7 Å². The fourth-order valence-electron chi connectivity index (χ4n) is 2.31. The second-order valence-electron chi connectivity index (χ2n) is 6.29. The Morgan fingerprint density at radius 1 is 1.00 bits per heavy atom. The molecule has 0 saturated carbocycles. The summed E-state index contributed by atoms with van der Waals surface area (Å²) in [5.41, 5.74) is 1.63. The highest BCUT2D eigenvalue weighted by molar-refractivity contribution is 5.94. The minimum atomic E-state index is -1.03. The molecule has 5 nitrogen and oxygen atoms in total. The summed E-state index contributed by atoms with van der Waals surface area (Å²) in [7, 11) is 0. The molecule has 2 aromatic carbocycles. The molecule has 0 aliphatic heterocycles. The maximum absolute atomic E-state index is 12.4. The summed E-state index contributed by atoms with van der Waals surface area (Å²) in [6.45, 7) is 5.80. The number of nitrogens with one attached hydrogen (secondary N) is 2. The maximum Gasteiger partial charge on any atom is 0.322 e. The maximum atomic E-state index is 12.4. The molecular weight excluding hydrogens is 316 g/mol. The molecule has 5 heteroatoms. The summed E-state index contributed by atoms with van der Waals surface area (Å²) in [6.07, 6.45) is -0.712. The van der Waals surface area contributed by atoms with Gasteiger partial charge in [-0.3, -0.25) is 10.1 Å². The van der Waals surface area contributed by atoms with E-state index in [0.717, 1.165) is 5.56 Å². The molecule has 1 atom stereocenters. The van der Waals surface area contributed by atoms with Crippen LogP contribution in [0.4, 0.5) is 10.5 Å².